The number of carbonyl (C=O) groups excluding carboxylic acids is 2. The Kier molecular flexibility index (Phi) is 8.21. The molecule has 4 atom stereocenters. The Bertz CT molecular complexity index is 1450. The highest BCUT2D eigenvalue weighted by Crippen LogP contribution is 2.52. The van der Waals surface area contributed by atoms with Gasteiger partial charge in [-0.2, -0.15) is 4.40 Å². The first-order valence-corrected chi connectivity index (χ1v) is 13.7. The summed E-state index contributed by atoms with van der Waals surface area (Å²) in [5.41, 5.74) is 1.49. The number of aliphatic hydroxyl groups excluding tert-OH is 1. The van der Waals surface area contributed by atoms with Crippen LogP contribution in [0.25, 0.3) is 10.4 Å². The Morgan fingerprint density at radius 3 is 2.63 bits per heavy atom. The molecule has 10 nitrogen and oxygen atoms in total. The summed E-state index contributed by atoms with van der Waals surface area (Å²) >= 11 is 3.29. The van der Waals surface area contributed by atoms with E-state index in [-0.39, 0.29) is 59.8 Å². The number of β-lactam (4-membered cyclic amide) rings is 1. The van der Waals surface area contributed by atoms with Gasteiger partial charge in [0.25, 0.3) is 5.69 Å². The summed E-state index contributed by atoms with van der Waals surface area (Å²) in [6.07, 6.45) is 3.13. The van der Waals surface area contributed by atoms with Crippen molar-refractivity contribution in [2.75, 3.05) is 5.75 Å². The van der Waals surface area contributed by atoms with E-state index < -0.39 is 22.9 Å². The fourth-order valence-electron chi connectivity index (χ4n) is 5.24. The summed E-state index contributed by atoms with van der Waals surface area (Å²) in [7, 11) is 1.99. The summed E-state index contributed by atoms with van der Waals surface area (Å²) < 4.78 is 9.71. The van der Waals surface area contributed by atoms with Crippen molar-refractivity contribution in [2.24, 2.45) is 18.9 Å². The lowest BCUT2D eigenvalue weighted by Crippen LogP contribution is -3.00. The number of carbonyl (C=O) groups is 2. The lowest BCUT2D eigenvalue weighted by Gasteiger charge is -2.46. The van der Waals surface area contributed by atoms with Crippen molar-refractivity contribution < 1.29 is 52.9 Å². The quantitative estimate of drug-likeness (QED) is 0.0691. The number of thiazole rings is 1. The largest absolute Gasteiger partial charge is 1.00 e. The van der Waals surface area contributed by atoms with Gasteiger partial charge < -0.3 is 38.7 Å². The topological polar surface area (TPSA) is 118 Å². The molecule has 0 saturated carbocycles. The highest BCUT2D eigenvalue weighted by Gasteiger charge is 2.60. The number of hydrogen-bond acceptors (Lipinski definition) is 8. The van der Waals surface area contributed by atoms with Gasteiger partial charge in [0, 0.05) is 23.6 Å². The SMILES string of the molecule is CCSc1c2sc(C3=C(C(=O)OCc4ccc([N+](=O)[O-])cc4)N4C(=O)[C@H]([C@@H](C)O)[C@H]4[C@H]3C)cn2c[n+]1C.[I-]. The molecule has 4 heterocycles. The van der Waals surface area contributed by atoms with Crippen molar-refractivity contribution in [3.8, 4) is 0 Å². The molecule has 2 aliphatic rings. The third kappa shape index (κ3) is 4.62. The zero-order valence-electron chi connectivity index (χ0n) is 21.2. The molecule has 0 radical (unpaired) electrons. The summed E-state index contributed by atoms with van der Waals surface area (Å²) in [4.78, 5) is 40.3. The van der Waals surface area contributed by atoms with E-state index in [0.29, 0.717) is 5.56 Å². The molecule has 2 aromatic heterocycles. The van der Waals surface area contributed by atoms with Crippen molar-refractivity contribution in [2.45, 2.75) is 44.5 Å². The average Bonchev–Trinajstić information content (AvgIpc) is 3.45. The highest BCUT2D eigenvalue weighted by atomic mass is 127. The zero-order valence-corrected chi connectivity index (χ0v) is 24.9. The number of hydrogen-bond donors (Lipinski definition) is 1. The molecular weight excluding hydrogens is 643 g/mol. The van der Waals surface area contributed by atoms with Crippen LogP contribution in [0.1, 0.15) is 31.2 Å². The van der Waals surface area contributed by atoms with E-state index in [1.54, 1.807) is 30.0 Å². The number of aliphatic hydroxyl groups is 1. The number of ether oxygens (including phenoxy) is 1. The summed E-state index contributed by atoms with van der Waals surface area (Å²) in [6, 6.07) is 5.46. The number of thioether (sulfide) groups is 1. The number of fused-ring (bicyclic) bond motifs is 2. The predicted molar refractivity (Wildman–Crippen MR) is 138 cm³/mol. The van der Waals surface area contributed by atoms with Crippen molar-refractivity contribution in [3.05, 3.63) is 63.0 Å². The molecule has 2 aliphatic heterocycles. The number of amides is 1. The van der Waals surface area contributed by atoms with E-state index in [9.17, 15) is 24.8 Å². The van der Waals surface area contributed by atoms with Gasteiger partial charge in [0.2, 0.25) is 22.1 Å². The molecule has 5 rings (SSSR count). The number of nitro benzene ring substituents is 1. The standard InChI is InChI=1S/C25H27N4O6S2.HI/c1-5-36-23-24-27(12-26(23)4)10-17(37-24)18-13(2)20-19(14(3)30)22(31)28(20)21(18)25(32)35-11-15-6-8-16(9-7-15)29(33)34;/h6-10,12-14,19-20,30H,5,11H2,1-4H3;1H/q+1;/p-1/t13-,14+,19+,20+;/m0./s1. The third-order valence-electron chi connectivity index (χ3n) is 6.93. The van der Waals surface area contributed by atoms with Gasteiger partial charge in [-0.25, -0.2) is 9.36 Å². The van der Waals surface area contributed by atoms with Crippen molar-refractivity contribution >= 4 is 51.1 Å². The summed E-state index contributed by atoms with van der Waals surface area (Å²) in [5.74, 6) is -0.771. The monoisotopic (exact) mass is 670 g/mol. The second-order valence-corrected chi connectivity index (χ2v) is 11.6. The maximum atomic E-state index is 13.5. The normalized spacial score (nSPS) is 21.2. The van der Waals surface area contributed by atoms with Gasteiger partial charge in [0.1, 0.15) is 18.5 Å². The van der Waals surface area contributed by atoms with Crippen LogP contribution in [0, 0.1) is 22.0 Å². The third-order valence-corrected chi connectivity index (χ3v) is 9.24. The van der Waals surface area contributed by atoms with E-state index in [2.05, 4.69) is 11.5 Å². The van der Waals surface area contributed by atoms with Crippen LogP contribution >= 0.6 is 23.1 Å². The molecule has 1 fully saturated rings. The lowest BCUT2D eigenvalue weighted by molar-refractivity contribution is -0.705. The van der Waals surface area contributed by atoms with E-state index in [1.165, 1.54) is 29.2 Å². The number of rotatable bonds is 8. The van der Waals surface area contributed by atoms with Gasteiger partial charge in [-0.1, -0.05) is 36.9 Å². The Morgan fingerprint density at radius 2 is 2.03 bits per heavy atom. The minimum absolute atomic E-state index is 0. The van der Waals surface area contributed by atoms with Crippen LogP contribution in [0.4, 0.5) is 5.69 Å². The van der Waals surface area contributed by atoms with Crippen LogP contribution in [-0.2, 0) is 28.0 Å². The Balaban J connectivity index is 0.00000336. The molecule has 1 amide bonds. The van der Waals surface area contributed by atoms with Gasteiger partial charge in [0.15, 0.2) is 0 Å². The van der Waals surface area contributed by atoms with Crippen LogP contribution in [-0.4, -0.2) is 49.1 Å². The number of non-ortho nitro benzene ring substituents is 1. The van der Waals surface area contributed by atoms with E-state index in [1.807, 2.05) is 30.9 Å². The second-order valence-electron chi connectivity index (χ2n) is 9.29. The van der Waals surface area contributed by atoms with E-state index >= 15 is 0 Å². The number of aromatic nitrogens is 2. The van der Waals surface area contributed by atoms with Crippen LogP contribution in [0.2, 0.25) is 0 Å². The molecule has 3 aromatic rings. The number of aryl methyl sites for hydroxylation is 1. The molecule has 1 saturated heterocycles. The molecule has 0 bridgehead atoms. The molecule has 38 heavy (non-hydrogen) atoms. The van der Waals surface area contributed by atoms with Crippen LogP contribution in [0.15, 0.2) is 47.5 Å². The average molecular weight is 671 g/mol. The molecule has 13 heteroatoms. The van der Waals surface area contributed by atoms with Crippen molar-refractivity contribution in [3.63, 3.8) is 0 Å². The molecule has 0 aliphatic carbocycles. The first-order valence-electron chi connectivity index (χ1n) is 11.9. The first kappa shape index (κ1) is 28.5. The van der Waals surface area contributed by atoms with Gasteiger partial charge in [-0.05, 0) is 30.4 Å². The van der Waals surface area contributed by atoms with Crippen LogP contribution in [0.3, 0.4) is 0 Å². The van der Waals surface area contributed by atoms with Crippen molar-refractivity contribution in [1.82, 2.24) is 9.30 Å². The number of nitrogens with zero attached hydrogens (tertiary/aromatic N) is 4. The fraction of sp³-hybridized carbons (Fsp3) is 0.400. The molecule has 202 valence electrons. The first-order chi connectivity index (χ1) is 17.6. The van der Waals surface area contributed by atoms with Gasteiger partial charge in [-0.15, -0.1) is 0 Å². The summed E-state index contributed by atoms with van der Waals surface area (Å²) in [6.45, 7) is 5.58. The van der Waals surface area contributed by atoms with Gasteiger partial charge in [0.05, 0.1) is 34.9 Å². The number of halogens is 1. The molecular formula is C25H27IN4O6S2. The Hall–Kier alpha value is -2.49. The fourth-order valence-corrected chi connectivity index (χ4v) is 7.50. The maximum absolute atomic E-state index is 13.5. The van der Waals surface area contributed by atoms with Crippen LogP contribution < -0.4 is 28.5 Å². The van der Waals surface area contributed by atoms with Gasteiger partial charge >= 0.3 is 5.97 Å². The lowest BCUT2D eigenvalue weighted by atomic mass is 9.77. The van der Waals surface area contributed by atoms with E-state index in [4.69, 9.17) is 4.74 Å². The number of imidazole rings is 1. The summed E-state index contributed by atoms with van der Waals surface area (Å²) in [5, 5.41) is 22.3. The number of nitro groups is 1. The second kappa shape index (κ2) is 10.9. The minimum atomic E-state index is -0.835. The van der Waals surface area contributed by atoms with Crippen LogP contribution in [0.5, 0.6) is 0 Å². The van der Waals surface area contributed by atoms with Gasteiger partial charge in [-0.3, -0.25) is 14.9 Å². The maximum Gasteiger partial charge on any atom is 0.355 e. The molecule has 0 spiro atoms. The smallest absolute Gasteiger partial charge is 0.355 e. The number of esters is 1. The Labute approximate surface area is 244 Å². The zero-order chi connectivity index (χ0) is 26.6. The molecule has 1 N–H and O–H groups in total. The highest BCUT2D eigenvalue weighted by molar-refractivity contribution is 7.99. The molecule has 1 aromatic carbocycles. The predicted octanol–water partition coefficient (Wildman–Crippen LogP) is 0.162. The van der Waals surface area contributed by atoms with Crippen molar-refractivity contribution in [1.29, 1.82) is 0 Å². The van der Waals surface area contributed by atoms with E-state index in [0.717, 1.165) is 26.1 Å². The molecule has 0 unspecified atom stereocenters. The number of benzene rings is 1. The minimum Gasteiger partial charge on any atom is -1.00 e. The Morgan fingerprint density at radius 1 is 1.34 bits per heavy atom.